The molecule has 5 aromatic rings. The molecule has 0 saturated carbocycles. The number of rotatable bonds is 4. The van der Waals surface area contributed by atoms with Gasteiger partial charge < -0.3 is 9.52 Å². The van der Waals surface area contributed by atoms with Crippen LogP contribution in [0.2, 0.25) is 0 Å². The number of ketones is 1. The van der Waals surface area contributed by atoms with E-state index in [2.05, 4.69) is 4.98 Å². The van der Waals surface area contributed by atoms with Crippen molar-refractivity contribution in [2.45, 2.75) is 6.04 Å². The van der Waals surface area contributed by atoms with Crippen molar-refractivity contribution < 1.29 is 19.1 Å². The number of fused-ring (bicyclic) bond motifs is 2. The quantitative estimate of drug-likeness (QED) is 0.355. The molecule has 0 fully saturated rings. The fourth-order valence-electron chi connectivity index (χ4n) is 4.58. The molecule has 1 atom stereocenters. The van der Waals surface area contributed by atoms with Crippen molar-refractivity contribution in [3.63, 3.8) is 0 Å². The number of anilines is 1. The lowest BCUT2D eigenvalue weighted by Gasteiger charge is -2.27. The smallest absolute Gasteiger partial charge is 0.294 e. The first-order chi connectivity index (χ1) is 16.6. The Labute approximate surface area is 194 Å². The van der Waals surface area contributed by atoms with Crippen LogP contribution in [0.25, 0.3) is 21.7 Å². The molecule has 1 N–H and O–H groups in total. The van der Waals surface area contributed by atoms with E-state index in [0.29, 0.717) is 16.8 Å². The number of aromatic nitrogens is 1. The van der Waals surface area contributed by atoms with Crippen molar-refractivity contribution in [1.82, 2.24) is 4.98 Å². The molecule has 0 bridgehead atoms. The maximum Gasteiger partial charge on any atom is 0.294 e. The van der Waals surface area contributed by atoms with Gasteiger partial charge in [-0.3, -0.25) is 19.5 Å². The van der Waals surface area contributed by atoms with Crippen LogP contribution in [0, 0.1) is 0 Å². The van der Waals surface area contributed by atoms with Gasteiger partial charge in [-0.1, -0.05) is 60.7 Å². The highest BCUT2D eigenvalue weighted by atomic mass is 16.3. The number of aliphatic hydroxyl groups excluding tert-OH is 1. The number of furan rings is 1. The number of carbonyl (C=O) groups excluding carboxylic acids is 2. The molecule has 164 valence electrons. The second-order valence-electron chi connectivity index (χ2n) is 8.10. The summed E-state index contributed by atoms with van der Waals surface area (Å²) in [5.74, 6) is -1.72. The molecule has 6 rings (SSSR count). The first-order valence-electron chi connectivity index (χ1n) is 10.8. The zero-order chi connectivity index (χ0) is 23.2. The molecule has 0 radical (unpaired) electrons. The molecule has 3 aromatic carbocycles. The highest BCUT2D eigenvalue weighted by molar-refractivity contribution is 6.22. The summed E-state index contributed by atoms with van der Waals surface area (Å²) >= 11 is 0. The Balaban J connectivity index is 1.55. The molecule has 2 aromatic heterocycles. The highest BCUT2D eigenvalue weighted by Gasteiger charge is 2.45. The molecule has 6 nitrogen and oxygen atoms in total. The van der Waals surface area contributed by atoms with Crippen LogP contribution >= 0.6 is 0 Å². The van der Waals surface area contributed by atoms with Crippen LogP contribution in [0.3, 0.4) is 0 Å². The van der Waals surface area contributed by atoms with E-state index in [0.717, 1.165) is 16.2 Å². The number of carbonyl (C=O) groups is 2. The van der Waals surface area contributed by atoms with E-state index < -0.39 is 23.5 Å². The number of amides is 1. The maximum absolute atomic E-state index is 13.7. The van der Waals surface area contributed by atoms with Crippen molar-refractivity contribution in [3.8, 4) is 0 Å². The molecule has 3 heterocycles. The van der Waals surface area contributed by atoms with Gasteiger partial charge in [-0.15, -0.1) is 0 Å². The van der Waals surface area contributed by atoms with Crippen molar-refractivity contribution >= 4 is 39.1 Å². The number of hydrogen-bond acceptors (Lipinski definition) is 5. The lowest BCUT2D eigenvalue weighted by Crippen LogP contribution is -2.31. The molecule has 0 saturated heterocycles. The standard InChI is InChI=1S/C28H18N2O4/c31-26(23-15-18-8-2-4-13-22(18)34-23)24-25(19-10-6-14-29-16-19)30(28(33)27(24)32)21-12-5-9-17-7-1-3-11-20(17)21/h1-16,25,32H. The summed E-state index contributed by atoms with van der Waals surface area (Å²) in [5.41, 5.74) is 1.72. The number of benzene rings is 3. The van der Waals surface area contributed by atoms with Crippen LogP contribution in [-0.4, -0.2) is 21.8 Å². The summed E-state index contributed by atoms with van der Waals surface area (Å²) in [6, 6.07) is 24.8. The van der Waals surface area contributed by atoms with E-state index >= 15 is 0 Å². The van der Waals surface area contributed by atoms with E-state index in [4.69, 9.17) is 4.42 Å². The number of Topliss-reactive ketones (excluding diaryl/α,β-unsaturated/α-hetero) is 1. The second kappa shape index (κ2) is 7.71. The van der Waals surface area contributed by atoms with Crippen LogP contribution in [0.5, 0.6) is 0 Å². The number of pyridine rings is 1. The van der Waals surface area contributed by atoms with E-state index in [-0.39, 0.29) is 11.3 Å². The molecule has 34 heavy (non-hydrogen) atoms. The van der Waals surface area contributed by atoms with Gasteiger partial charge >= 0.3 is 0 Å². The van der Waals surface area contributed by atoms with Gasteiger partial charge in [-0.25, -0.2) is 0 Å². The number of nitrogens with zero attached hydrogens (tertiary/aromatic N) is 2. The minimum Gasteiger partial charge on any atom is -0.503 e. The third-order valence-electron chi connectivity index (χ3n) is 6.13. The predicted molar refractivity (Wildman–Crippen MR) is 129 cm³/mol. The summed E-state index contributed by atoms with van der Waals surface area (Å²) in [4.78, 5) is 32.8. The fraction of sp³-hybridized carbons (Fsp3) is 0.0357. The number of hydrogen-bond donors (Lipinski definition) is 1. The number of aliphatic hydroxyl groups is 1. The molecule has 1 aliphatic rings. The van der Waals surface area contributed by atoms with Gasteiger partial charge in [0.1, 0.15) is 5.58 Å². The Morgan fingerprint density at radius 3 is 2.47 bits per heavy atom. The minimum absolute atomic E-state index is 0.0370. The van der Waals surface area contributed by atoms with Gasteiger partial charge in [0, 0.05) is 23.2 Å². The third kappa shape index (κ3) is 3.00. The molecule has 1 unspecified atom stereocenters. The molecule has 1 amide bonds. The Morgan fingerprint density at radius 2 is 1.68 bits per heavy atom. The van der Waals surface area contributed by atoms with Crippen LogP contribution in [0.1, 0.15) is 22.2 Å². The monoisotopic (exact) mass is 446 g/mol. The van der Waals surface area contributed by atoms with Crippen LogP contribution in [0.15, 0.2) is 113 Å². The van der Waals surface area contributed by atoms with Gasteiger partial charge in [0.15, 0.2) is 11.5 Å². The van der Waals surface area contributed by atoms with Crippen LogP contribution < -0.4 is 4.90 Å². The average molecular weight is 446 g/mol. The molecular weight excluding hydrogens is 428 g/mol. The second-order valence-corrected chi connectivity index (χ2v) is 8.10. The molecule has 6 heteroatoms. The molecule has 1 aliphatic heterocycles. The topological polar surface area (TPSA) is 83.6 Å². The minimum atomic E-state index is -0.868. The Kier molecular flexibility index (Phi) is 4.52. The first-order valence-corrected chi connectivity index (χ1v) is 10.8. The van der Waals surface area contributed by atoms with E-state index in [1.54, 1.807) is 36.7 Å². The largest absolute Gasteiger partial charge is 0.503 e. The van der Waals surface area contributed by atoms with Crippen molar-refractivity contribution in [2.24, 2.45) is 0 Å². The highest BCUT2D eigenvalue weighted by Crippen LogP contribution is 2.44. The Morgan fingerprint density at radius 1 is 0.912 bits per heavy atom. The van der Waals surface area contributed by atoms with Crippen molar-refractivity contribution in [3.05, 3.63) is 120 Å². The zero-order valence-electron chi connectivity index (χ0n) is 17.9. The van der Waals surface area contributed by atoms with Crippen LogP contribution in [0.4, 0.5) is 5.69 Å². The summed E-state index contributed by atoms with van der Waals surface area (Å²) in [5, 5.41) is 13.5. The maximum atomic E-state index is 13.7. The molecule has 0 aliphatic carbocycles. The van der Waals surface area contributed by atoms with Gasteiger partial charge in [0.2, 0.25) is 5.78 Å². The molecular formula is C28H18N2O4. The predicted octanol–water partition coefficient (Wildman–Crippen LogP) is 5.76. The summed E-state index contributed by atoms with van der Waals surface area (Å²) in [6.07, 6.45) is 3.22. The van der Waals surface area contributed by atoms with Gasteiger partial charge in [-0.05, 0) is 35.2 Å². The normalized spacial score (nSPS) is 16.1. The van der Waals surface area contributed by atoms with Crippen LogP contribution in [-0.2, 0) is 4.79 Å². The summed E-state index contributed by atoms with van der Waals surface area (Å²) in [7, 11) is 0. The van der Waals surface area contributed by atoms with Crippen molar-refractivity contribution in [2.75, 3.05) is 4.90 Å². The number of para-hydroxylation sites is 1. The first kappa shape index (κ1) is 19.9. The molecule has 0 spiro atoms. The van der Waals surface area contributed by atoms with Gasteiger partial charge in [0.05, 0.1) is 17.3 Å². The van der Waals surface area contributed by atoms with Gasteiger partial charge in [0.25, 0.3) is 5.91 Å². The van der Waals surface area contributed by atoms with E-state index in [9.17, 15) is 14.7 Å². The lowest BCUT2D eigenvalue weighted by molar-refractivity contribution is -0.117. The SMILES string of the molecule is O=C(C1=C(O)C(=O)N(c2cccc3ccccc23)C1c1cccnc1)c1cc2ccccc2o1. The average Bonchev–Trinajstić information content (AvgIpc) is 3.43. The Bertz CT molecular complexity index is 1580. The summed E-state index contributed by atoms with van der Waals surface area (Å²) < 4.78 is 5.78. The fourth-order valence-corrected chi connectivity index (χ4v) is 4.58. The lowest BCUT2D eigenvalue weighted by atomic mass is 9.95. The third-order valence-corrected chi connectivity index (χ3v) is 6.13. The van der Waals surface area contributed by atoms with Gasteiger partial charge in [-0.2, -0.15) is 0 Å². The summed E-state index contributed by atoms with van der Waals surface area (Å²) in [6.45, 7) is 0. The van der Waals surface area contributed by atoms with E-state index in [1.165, 1.54) is 4.90 Å². The zero-order valence-corrected chi connectivity index (χ0v) is 17.9. The van der Waals surface area contributed by atoms with E-state index in [1.807, 2.05) is 60.7 Å². The van der Waals surface area contributed by atoms with Crippen molar-refractivity contribution in [1.29, 1.82) is 0 Å². The Hall–Kier alpha value is -4.71.